The lowest BCUT2D eigenvalue weighted by Crippen LogP contribution is -2.09. The molecule has 3 aromatic carbocycles. The van der Waals surface area contributed by atoms with E-state index in [1.807, 2.05) is 18.2 Å². The lowest BCUT2D eigenvalue weighted by atomic mass is 9.87. The topological polar surface area (TPSA) is 0 Å². The van der Waals surface area contributed by atoms with E-state index < -0.39 is 0 Å². The average molecular weight is 503 g/mol. The second-order valence-corrected chi connectivity index (χ2v) is 11.6. The Bertz CT molecular complexity index is 1260. The predicted octanol–water partition coefficient (Wildman–Crippen LogP) is 10.8. The molecule has 3 aromatic rings. The highest BCUT2D eigenvalue weighted by Gasteiger charge is 2.30. The van der Waals surface area contributed by atoms with Gasteiger partial charge in [0.2, 0.25) is 0 Å². The van der Waals surface area contributed by atoms with Crippen molar-refractivity contribution in [3.8, 4) is 0 Å². The SMILES string of the molecule is CC1=CC2CCCC2C=C1.CC1CCC2C=CC=CC12.Cc1ccc2ccccc2c1.Cc1ccccc1. The Morgan fingerprint density at radius 1 is 0.579 bits per heavy atom. The largest absolute Gasteiger partial charge is 0.0808 e. The van der Waals surface area contributed by atoms with E-state index in [2.05, 4.69) is 125 Å². The minimum atomic E-state index is 0.866. The fourth-order valence-electron chi connectivity index (χ4n) is 6.19. The minimum absolute atomic E-state index is 0.866. The summed E-state index contributed by atoms with van der Waals surface area (Å²) in [5, 5.41) is 2.64. The molecule has 0 N–H and O–H groups in total. The molecule has 0 aromatic heterocycles. The molecule has 38 heavy (non-hydrogen) atoms. The van der Waals surface area contributed by atoms with Crippen molar-refractivity contribution in [3.05, 3.63) is 132 Å². The molecule has 0 heteroatoms. The van der Waals surface area contributed by atoms with Crippen LogP contribution in [0, 0.1) is 43.4 Å². The summed E-state index contributed by atoms with van der Waals surface area (Å²) in [7, 11) is 0. The zero-order valence-corrected chi connectivity index (χ0v) is 23.9. The van der Waals surface area contributed by atoms with Gasteiger partial charge in [0.1, 0.15) is 0 Å². The van der Waals surface area contributed by atoms with Gasteiger partial charge in [0.15, 0.2) is 0 Å². The Hall–Kier alpha value is -3.12. The van der Waals surface area contributed by atoms with Crippen LogP contribution in [0.4, 0.5) is 0 Å². The first-order valence-corrected chi connectivity index (χ1v) is 14.7. The van der Waals surface area contributed by atoms with Crippen LogP contribution >= 0.6 is 0 Å². The highest BCUT2D eigenvalue weighted by Crippen LogP contribution is 2.40. The van der Waals surface area contributed by atoms with Gasteiger partial charge >= 0.3 is 0 Å². The molecule has 0 amide bonds. The number of fused-ring (bicyclic) bond motifs is 3. The van der Waals surface area contributed by atoms with Crippen LogP contribution < -0.4 is 0 Å². The van der Waals surface area contributed by atoms with Crippen LogP contribution in [0.1, 0.15) is 57.1 Å². The summed E-state index contributed by atoms with van der Waals surface area (Å²) in [6.07, 6.45) is 23.4. The Morgan fingerprint density at radius 2 is 1.29 bits per heavy atom. The second kappa shape index (κ2) is 14.1. The molecule has 5 unspecified atom stereocenters. The number of hydrogen-bond acceptors (Lipinski definition) is 0. The van der Waals surface area contributed by atoms with Crippen LogP contribution in [-0.2, 0) is 0 Å². The van der Waals surface area contributed by atoms with Crippen molar-refractivity contribution in [1.29, 1.82) is 0 Å². The van der Waals surface area contributed by atoms with Gasteiger partial charge in [-0.25, -0.2) is 0 Å². The molecule has 2 saturated carbocycles. The molecule has 198 valence electrons. The van der Waals surface area contributed by atoms with Gasteiger partial charge in [0, 0.05) is 0 Å². The van der Waals surface area contributed by atoms with Crippen LogP contribution in [0.15, 0.2) is 121 Å². The normalized spacial score (nSPS) is 26.0. The molecule has 4 aliphatic rings. The van der Waals surface area contributed by atoms with Crippen molar-refractivity contribution >= 4 is 10.8 Å². The Balaban J connectivity index is 0.000000119. The second-order valence-electron chi connectivity index (χ2n) is 11.6. The van der Waals surface area contributed by atoms with Crippen molar-refractivity contribution in [2.75, 3.05) is 0 Å². The van der Waals surface area contributed by atoms with Gasteiger partial charge < -0.3 is 0 Å². The molecule has 0 nitrogen and oxygen atoms in total. The summed E-state index contributed by atoms with van der Waals surface area (Å²) in [6.45, 7) is 8.77. The lowest BCUT2D eigenvalue weighted by Gasteiger charge is -2.18. The van der Waals surface area contributed by atoms with Gasteiger partial charge in [0.05, 0.1) is 0 Å². The first kappa shape index (κ1) is 27.9. The summed E-state index contributed by atoms with van der Waals surface area (Å²) >= 11 is 0. The van der Waals surface area contributed by atoms with E-state index in [1.165, 1.54) is 59.6 Å². The average Bonchev–Trinajstić information content (AvgIpc) is 3.56. The molecule has 4 aliphatic carbocycles. The van der Waals surface area contributed by atoms with Gasteiger partial charge in [-0.2, -0.15) is 0 Å². The molecule has 0 bridgehead atoms. The maximum atomic E-state index is 2.44. The van der Waals surface area contributed by atoms with Gasteiger partial charge in [-0.15, -0.1) is 0 Å². The maximum Gasteiger partial charge on any atom is -0.0142 e. The molecule has 2 fully saturated rings. The van der Waals surface area contributed by atoms with Gasteiger partial charge in [-0.1, -0.05) is 145 Å². The lowest BCUT2D eigenvalue weighted by molar-refractivity contribution is 0.451. The van der Waals surface area contributed by atoms with Gasteiger partial charge in [-0.05, 0) is 86.8 Å². The standard InChI is InChI=1S/C11H10.2C10H14.C7H8/c1-9-6-7-10-4-2-3-5-11(10)8-9;1-8-5-6-9-3-2-4-10(9)7-8;1-8-6-7-9-4-2-3-5-10(8)9;1-7-5-3-2-4-6-7/h2-8H,1H3;5-7,9-10H,2-4H2,1H3;2-5,8-10H,6-7H2,1H3;2-6H,1H3. The van der Waals surface area contributed by atoms with Crippen molar-refractivity contribution in [2.24, 2.45) is 29.6 Å². The maximum absolute atomic E-state index is 2.44. The molecule has 0 saturated heterocycles. The molecule has 0 heterocycles. The quantitative estimate of drug-likeness (QED) is 0.287. The molecule has 0 radical (unpaired) electrons. The summed E-state index contributed by atoms with van der Waals surface area (Å²) < 4.78 is 0. The Morgan fingerprint density at radius 3 is 2.03 bits per heavy atom. The van der Waals surface area contributed by atoms with Crippen LogP contribution in [-0.4, -0.2) is 0 Å². The third-order valence-electron chi connectivity index (χ3n) is 8.46. The minimum Gasteiger partial charge on any atom is -0.0808 e. The number of rotatable bonds is 0. The van der Waals surface area contributed by atoms with Crippen LogP contribution in [0.2, 0.25) is 0 Å². The van der Waals surface area contributed by atoms with E-state index in [0.717, 1.165) is 29.6 Å². The summed E-state index contributed by atoms with van der Waals surface area (Å²) in [4.78, 5) is 0. The van der Waals surface area contributed by atoms with E-state index >= 15 is 0 Å². The van der Waals surface area contributed by atoms with Crippen LogP contribution in [0.3, 0.4) is 0 Å². The molecule has 0 spiro atoms. The molecule has 0 aliphatic heterocycles. The molecule has 5 atom stereocenters. The summed E-state index contributed by atoms with van der Waals surface area (Å²) in [5.74, 6) is 4.45. The fourth-order valence-corrected chi connectivity index (χ4v) is 6.19. The molecule has 7 rings (SSSR count). The smallest absolute Gasteiger partial charge is 0.0142 e. The van der Waals surface area contributed by atoms with Gasteiger partial charge in [0.25, 0.3) is 0 Å². The van der Waals surface area contributed by atoms with E-state index in [4.69, 9.17) is 0 Å². The monoisotopic (exact) mass is 502 g/mol. The third kappa shape index (κ3) is 8.19. The van der Waals surface area contributed by atoms with Crippen molar-refractivity contribution in [1.82, 2.24) is 0 Å². The highest BCUT2D eigenvalue weighted by atomic mass is 14.3. The summed E-state index contributed by atoms with van der Waals surface area (Å²) in [6, 6.07) is 25.2. The third-order valence-corrected chi connectivity index (χ3v) is 8.46. The number of allylic oxidation sites excluding steroid dienone is 8. The Labute approximate surface area is 231 Å². The molecular formula is C38H46. The number of aryl methyl sites for hydroxylation is 2. The fraction of sp³-hybridized carbons (Fsp3) is 0.368. The number of hydrogen-bond donors (Lipinski definition) is 0. The van der Waals surface area contributed by atoms with Gasteiger partial charge in [-0.3, -0.25) is 0 Å². The number of benzene rings is 3. The first-order valence-electron chi connectivity index (χ1n) is 14.7. The first-order chi connectivity index (χ1) is 18.5. The van der Waals surface area contributed by atoms with E-state index in [-0.39, 0.29) is 0 Å². The zero-order valence-electron chi connectivity index (χ0n) is 23.9. The van der Waals surface area contributed by atoms with E-state index in [9.17, 15) is 0 Å². The van der Waals surface area contributed by atoms with Crippen molar-refractivity contribution in [3.63, 3.8) is 0 Å². The Kier molecular flexibility index (Phi) is 10.4. The van der Waals surface area contributed by atoms with Crippen molar-refractivity contribution in [2.45, 2.75) is 59.8 Å². The predicted molar refractivity (Wildman–Crippen MR) is 167 cm³/mol. The van der Waals surface area contributed by atoms with Crippen molar-refractivity contribution < 1.29 is 0 Å². The van der Waals surface area contributed by atoms with E-state index in [0.29, 0.717) is 0 Å². The highest BCUT2D eigenvalue weighted by molar-refractivity contribution is 5.82. The molecular weight excluding hydrogens is 456 g/mol. The summed E-state index contributed by atoms with van der Waals surface area (Å²) in [5.41, 5.74) is 4.11. The van der Waals surface area contributed by atoms with Crippen LogP contribution in [0.5, 0.6) is 0 Å². The van der Waals surface area contributed by atoms with Crippen LogP contribution in [0.25, 0.3) is 10.8 Å². The zero-order chi connectivity index (χ0) is 26.7. The van der Waals surface area contributed by atoms with E-state index in [1.54, 1.807) is 0 Å².